The molecule has 3 aromatic carbocycles. The summed E-state index contributed by atoms with van der Waals surface area (Å²) in [5.41, 5.74) is 7.90. The number of fused-ring (bicyclic) bond motifs is 3. The maximum atomic E-state index is 12.0. The average Bonchev–Trinajstić information content (AvgIpc) is 2.71. The molecule has 1 aromatic heterocycles. The molecule has 0 aliphatic rings. The van der Waals surface area contributed by atoms with E-state index < -0.39 is 0 Å². The first kappa shape index (κ1) is 18.1. The predicted octanol–water partition coefficient (Wildman–Crippen LogP) is 4.83. The minimum atomic E-state index is -0.373. The van der Waals surface area contributed by atoms with Crippen LogP contribution in [0.1, 0.15) is 5.56 Å². The summed E-state index contributed by atoms with van der Waals surface area (Å²) in [5, 5.41) is 3.48. The molecule has 0 spiro atoms. The quantitative estimate of drug-likeness (QED) is 0.234. The number of ether oxygens (including phenoxy) is 1. The first-order valence-electron chi connectivity index (χ1n) is 8.69. The minimum Gasteiger partial charge on any atom is -0.497 e. The molecule has 0 fully saturated rings. The predicted molar refractivity (Wildman–Crippen MR) is 116 cm³/mol. The van der Waals surface area contributed by atoms with E-state index in [-0.39, 0.29) is 5.63 Å². The molecular weight excluding hydrogens is 372 g/mol. The Morgan fingerprint density at radius 3 is 2.82 bits per heavy atom. The molecule has 140 valence electrons. The standard InChI is InChI=1S/C22H18N2O3S/c1-26-17-7-4-6-16(12-17)24-22(23)28-13-15-11-20(25)27-19-10-9-14-5-2-3-8-18(14)21(15)19/h2-12H,13H2,1H3,(H2,23,24). The van der Waals surface area contributed by atoms with Crippen molar-refractivity contribution in [1.29, 1.82) is 0 Å². The van der Waals surface area contributed by atoms with E-state index in [1.165, 1.54) is 17.8 Å². The van der Waals surface area contributed by atoms with E-state index in [9.17, 15) is 4.79 Å². The molecule has 0 bridgehead atoms. The third-order valence-electron chi connectivity index (χ3n) is 4.38. The fourth-order valence-electron chi connectivity index (χ4n) is 3.13. The van der Waals surface area contributed by atoms with Gasteiger partial charge in [0.25, 0.3) is 0 Å². The van der Waals surface area contributed by atoms with Crippen LogP contribution in [0, 0.1) is 0 Å². The Morgan fingerprint density at radius 2 is 1.96 bits per heavy atom. The van der Waals surface area contributed by atoms with Crippen LogP contribution in [0.25, 0.3) is 21.7 Å². The number of rotatable bonds is 4. The molecule has 4 rings (SSSR count). The Labute approximate surface area is 165 Å². The van der Waals surface area contributed by atoms with Crippen LogP contribution in [0.4, 0.5) is 5.69 Å². The lowest BCUT2D eigenvalue weighted by molar-refractivity contribution is 0.415. The molecule has 0 unspecified atom stereocenters. The van der Waals surface area contributed by atoms with E-state index in [2.05, 4.69) is 4.99 Å². The van der Waals surface area contributed by atoms with E-state index in [0.29, 0.717) is 22.2 Å². The Bertz CT molecular complexity index is 1250. The van der Waals surface area contributed by atoms with Crippen molar-refractivity contribution >= 4 is 44.4 Å². The molecule has 0 aliphatic heterocycles. The Morgan fingerprint density at radius 1 is 1.11 bits per heavy atom. The number of hydrogen-bond donors (Lipinski definition) is 1. The monoisotopic (exact) mass is 390 g/mol. The largest absolute Gasteiger partial charge is 0.497 e. The molecule has 0 saturated heterocycles. The Hall–Kier alpha value is -3.25. The first-order valence-corrected chi connectivity index (χ1v) is 9.68. The van der Waals surface area contributed by atoms with E-state index in [1.807, 2.05) is 60.7 Å². The highest BCUT2D eigenvalue weighted by atomic mass is 32.2. The Kier molecular flexibility index (Phi) is 5.04. The van der Waals surface area contributed by atoms with Crippen molar-refractivity contribution < 1.29 is 9.15 Å². The lowest BCUT2D eigenvalue weighted by atomic mass is 10.0. The number of nitrogens with zero attached hydrogens (tertiary/aromatic N) is 1. The molecule has 0 radical (unpaired) electrons. The number of methoxy groups -OCH3 is 1. The molecule has 0 saturated carbocycles. The van der Waals surface area contributed by atoms with Crippen LogP contribution in [-0.4, -0.2) is 12.3 Å². The van der Waals surface area contributed by atoms with Gasteiger partial charge in [-0.15, -0.1) is 0 Å². The Balaban J connectivity index is 1.68. The van der Waals surface area contributed by atoms with Crippen molar-refractivity contribution in [2.45, 2.75) is 5.75 Å². The second-order valence-electron chi connectivity index (χ2n) is 6.19. The summed E-state index contributed by atoms with van der Waals surface area (Å²) >= 11 is 1.38. The van der Waals surface area contributed by atoms with Gasteiger partial charge in [0.1, 0.15) is 11.3 Å². The highest BCUT2D eigenvalue weighted by molar-refractivity contribution is 8.13. The van der Waals surface area contributed by atoms with Crippen molar-refractivity contribution in [3.63, 3.8) is 0 Å². The first-order chi connectivity index (χ1) is 13.6. The van der Waals surface area contributed by atoms with Crippen molar-refractivity contribution in [2.24, 2.45) is 10.7 Å². The van der Waals surface area contributed by atoms with Crippen LogP contribution in [0.2, 0.25) is 0 Å². The van der Waals surface area contributed by atoms with Crippen LogP contribution in [0.3, 0.4) is 0 Å². The zero-order valence-corrected chi connectivity index (χ0v) is 16.0. The van der Waals surface area contributed by atoms with Crippen molar-refractivity contribution in [2.75, 3.05) is 7.11 Å². The van der Waals surface area contributed by atoms with Crippen molar-refractivity contribution in [3.8, 4) is 5.75 Å². The molecular formula is C22H18N2O3S. The zero-order valence-electron chi connectivity index (χ0n) is 15.2. The highest BCUT2D eigenvalue weighted by Crippen LogP contribution is 2.30. The van der Waals surface area contributed by atoms with Crippen LogP contribution in [0.5, 0.6) is 5.75 Å². The maximum absolute atomic E-state index is 12.0. The summed E-state index contributed by atoms with van der Waals surface area (Å²) in [4.78, 5) is 16.4. The summed E-state index contributed by atoms with van der Waals surface area (Å²) in [7, 11) is 1.61. The second kappa shape index (κ2) is 7.78. The number of thioether (sulfide) groups is 1. The summed E-state index contributed by atoms with van der Waals surface area (Å²) in [6.45, 7) is 0. The van der Waals surface area contributed by atoms with Gasteiger partial charge >= 0.3 is 5.63 Å². The van der Waals surface area contributed by atoms with Gasteiger partial charge in [-0.2, -0.15) is 0 Å². The van der Waals surface area contributed by atoms with Crippen molar-refractivity contribution in [1.82, 2.24) is 0 Å². The summed E-state index contributed by atoms with van der Waals surface area (Å²) < 4.78 is 10.6. The molecule has 0 aliphatic carbocycles. The lowest BCUT2D eigenvalue weighted by Crippen LogP contribution is -2.07. The third-order valence-corrected chi connectivity index (χ3v) is 5.23. The van der Waals surface area contributed by atoms with Crippen LogP contribution < -0.4 is 16.1 Å². The number of hydrogen-bond acceptors (Lipinski definition) is 5. The van der Waals surface area contributed by atoms with E-state index in [0.717, 1.165) is 27.5 Å². The third kappa shape index (κ3) is 3.73. The molecule has 1 heterocycles. The molecule has 5 nitrogen and oxygen atoms in total. The van der Waals surface area contributed by atoms with Crippen LogP contribution in [0.15, 0.2) is 80.9 Å². The SMILES string of the molecule is COc1cccc(N=C(N)SCc2cc(=O)oc3ccc4ccccc4c23)c1. The van der Waals surface area contributed by atoms with E-state index >= 15 is 0 Å². The van der Waals surface area contributed by atoms with Gasteiger partial charge in [0.05, 0.1) is 12.8 Å². The molecule has 6 heteroatoms. The van der Waals surface area contributed by atoms with Crippen molar-refractivity contribution in [3.05, 3.63) is 82.7 Å². The molecule has 0 atom stereocenters. The van der Waals surface area contributed by atoms with Gasteiger partial charge < -0.3 is 14.9 Å². The van der Waals surface area contributed by atoms with Gasteiger partial charge in [-0.3, -0.25) is 0 Å². The smallest absolute Gasteiger partial charge is 0.336 e. The number of benzene rings is 3. The van der Waals surface area contributed by atoms with Crippen LogP contribution >= 0.6 is 11.8 Å². The van der Waals surface area contributed by atoms with Gasteiger partial charge in [0.2, 0.25) is 0 Å². The molecule has 2 N–H and O–H groups in total. The fraction of sp³-hybridized carbons (Fsp3) is 0.0909. The normalized spacial score (nSPS) is 11.8. The number of nitrogens with two attached hydrogens (primary N) is 1. The average molecular weight is 390 g/mol. The van der Waals surface area contributed by atoms with Gasteiger partial charge in [-0.05, 0) is 34.5 Å². The van der Waals surface area contributed by atoms with Gasteiger partial charge in [-0.1, -0.05) is 48.2 Å². The van der Waals surface area contributed by atoms with Crippen LogP contribution in [-0.2, 0) is 5.75 Å². The topological polar surface area (TPSA) is 77.8 Å². The summed E-state index contributed by atoms with van der Waals surface area (Å²) in [5.74, 6) is 1.23. The minimum absolute atomic E-state index is 0.373. The van der Waals surface area contributed by atoms with E-state index in [1.54, 1.807) is 7.11 Å². The van der Waals surface area contributed by atoms with E-state index in [4.69, 9.17) is 14.9 Å². The highest BCUT2D eigenvalue weighted by Gasteiger charge is 2.10. The van der Waals surface area contributed by atoms with Gasteiger partial charge in [-0.25, -0.2) is 9.79 Å². The number of aliphatic imine (C=N–C) groups is 1. The number of amidine groups is 1. The summed E-state index contributed by atoms with van der Waals surface area (Å²) in [6, 6.07) is 20.7. The fourth-order valence-corrected chi connectivity index (χ4v) is 3.83. The summed E-state index contributed by atoms with van der Waals surface area (Å²) in [6.07, 6.45) is 0. The lowest BCUT2D eigenvalue weighted by Gasteiger charge is -2.08. The maximum Gasteiger partial charge on any atom is 0.336 e. The molecule has 0 amide bonds. The molecule has 4 aromatic rings. The molecule has 28 heavy (non-hydrogen) atoms. The van der Waals surface area contributed by atoms with Gasteiger partial charge in [0.15, 0.2) is 5.17 Å². The second-order valence-corrected chi connectivity index (χ2v) is 7.19. The van der Waals surface area contributed by atoms with Gasteiger partial charge in [0, 0.05) is 23.3 Å². The zero-order chi connectivity index (χ0) is 19.5.